The Labute approximate surface area is 208 Å². The number of hydrogen-bond acceptors (Lipinski definition) is 8. The van der Waals surface area contributed by atoms with E-state index < -0.39 is 54.5 Å². The molecule has 3 amide bonds. The van der Waals surface area contributed by atoms with Crippen molar-refractivity contribution in [3.8, 4) is 0 Å². The van der Waals surface area contributed by atoms with Crippen LogP contribution in [-0.2, 0) is 25.6 Å². The molecular weight excluding hydrogens is 474 g/mol. The molecule has 0 bridgehead atoms. The summed E-state index contributed by atoms with van der Waals surface area (Å²) in [6.45, 7) is 2.92. The Hall–Kier alpha value is -3.72. The number of aliphatic imine (C=N–C) groups is 1. The van der Waals surface area contributed by atoms with Crippen LogP contribution in [0.3, 0.4) is 0 Å². The Bertz CT molecular complexity index is 888. The summed E-state index contributed by atoms with van der Waals surface area (Å²) in [6, 6.07) is -4.71. The number of carboxylic acids is 1. The Kier molecular flexibility index (Phi) is 12.9. The van der Waals surface area contributed by atoms with E-state index >= 15 is 0 Å². The summed E-state index contributed by atoms with van der Waals surface area (Å²) in [5.41, 5.74) is 17.2. The number of amides is 3. The molecule has 0 aliphatic heterocycles. The van der Waals surface area contributed by atoms with E-state index in [1.54, 1.807) is 6.92 Å². The number of aliphatic hydroxyl groups is 1. The first-order valence-electron chi connectivity index (χ1n) is 11.5. The average molecular weight is 512 g/mol. The van der Waals surface area contributed by atoms with Crippen LogP contribution in [0, 0.1) is 5.92 Å². The largest absolute Gasteiger partial charge is 0.480 e. The average Bonchev–Trinajstić information content (AvgIpc) is 3.34. The van der Waals surface area contributed by atoms with Crippen LogP contribution < -0.4 is 33.2 Å². The number of nitrogens with zero attached hydrogens (tertiary/aromatic N) is 2. The van der Waals surface area contributed by atoms with Gasteiger partial charge in [-0.1, -0.05) is 20.3 Å². The zero-order valence-electron chi connectivity index (χ0n) is 20.4. The summed E-state index contributed by atoms with van der Waals surface area (Å²) in [4.78, 5) is 60.4. The summed E-state index contributed by atoms with van der Waals surface area (Å²) < 4.78 is 0. The van der Waals surface area contributed by atoms with Crippen molar-refractivity contribution in [1.29, 1.82) is 0 Å². The van der Waals surface area contributed by atoms with Crippen molar-refractivity contribution in [2.24, 2.45) is 28.1 Å². The van der Waals surface area contributed by atoms with E-state index in [9.17, 15) is 24.3 Å². The lowest BCUT2D eigenvalue weighted by molar-refractivity contribution is -0.143. The summed E-state index contributed by atoms with van der Waals surface area (Å²) in [5.74, 6) is -3.93. The van der Waals surface area contributed by atoms with Crippen LogP contribution in [0.25, 0.3) is 0 Å². The smallest absolute Gasteiger partial charge is 0.328 e. The molecule has 1 rings (SSSR count). The maximum absolute atomic E-state index is 13.2. The SMILES string of the molecule is CCC(C)C(NC(=O)C(N)Cc1cnc[nH]1)C(=O)NC(CCCN=C(N)N)C(=O)NC(CO)C(=O)O. The number of carbonyl (C=O) groups is 4. The second-order valence-electron chi connectivity index (χ2n) is 8.35. The fraction of sp³-hybridized carbons (Fsp3) is 0.619. The molecule has 1 aromatic rings. The Morgan fingerprint density at radius 3 is 2.31 bits per heavy atom. The van der Waals surface area contributed by atoms with Gasteiger partial charge in [-0.15, -0.1) is 0 Å². The predicted octanol–water partition coefficient (Wildman–Crippen LogP) is -3.09. The van der Waals surface area contributed by atoms with Crippen LogP contribution in [0.15, 0.2) is 17.5 Å². The number of guanidine groups is 1. The van der Waals surface area contributed by atoms with Gasteiger partial charge in [-0.05, 0) is 18.8 Å². The first-order chi connectivity index (χ1) is 17.0. The number of aliphatic carboxylic acids is 1. The minimum absolute atomic E-state index is 0.0621. The zero-order valence-corrected chi connectivity index (χ0v) is 20.4. The van der Waals surface area contributed by atoms with Gasteiger partial charge in [0.1, 0.15) is 18.1 Å². The third-order valence-electron chi connectivity index (χ3n) is 5.50. The van der Waals surface area contributed by atoms with Crippen LogP contribution in [0.4, 0.5) is 0 Å². The topological polar surface area (TPSA) is 264 Å². The lowest BCUT2D eigenvalue weighted by atomic mass is 9.97. The summed E-state index contributed by atoms with van der Waals surface area (Å²) in [5, 5.41) is 25.7. The van der Waals surface area contributed by atoms with Gasteiger partial charge in [0.15, 0.2) is 5.96 Å². The van der Waals surface area contributed by atoms with E-state index in [1.807, 2.05) is 6.92 Å². The highest BCUT2D eigenvalue weighted by Crippen LogP contribution is 2.10. The van der Waals surface area contributed by atoms with Gasteiger partial charge in [0.2, 0.25) is 17.7 Å². The lowest BCUT2D eigenvalue weighted by Gasteiger charge is -2.27. The van der Waals surface area contributed by atoms with Gasteiger partial charge in [-0.25, -0.2) is 9.78 Å². The zero-order chi connectivity index (χ0) is 27.3. The number of imidazole rings is 1. The van der Waals surface area contributed by atoms with Crippen LogP contribution in [0.2, 0.25) is 0 Å². The molecule has 0 saturated carbocycles. The van der Waals surface area contributed by atoms with Gasteiger partial charge in [0, 0.05) is 24.9 Å². The molecule has 0 radical (unpaired) electrons. The normalized spacial score (nSPS) is 15.0. The molecule has 1 aromatic heterocycles. The van der Waals surface area contributed by atoms with Crippen LogP contribution in [0.5, 0.6) is 0 Å². The molecule has 0 aliphatic rings. The molecule has 15 heteroatoms. The third-order valence-corrected chi connectivity index (χ3v) is 5.50. The molecule has 0 saturated heterocycles. The van der Waals surface area contributed by atoms with Crippen LogP contribution >= 0.6 is 0 Å². The minimum atomic E-state index is -1.56. The van der Waals surface area contributed by atoms with Gasteiger partial charge in [-0.2, -0.15) is 0 Å². The number of carboxylic acid groups (broad SMARTS) is 1. The highest BCUT2D eigenvalue weighted by Gasteiger charge is 2.32. The van der Waals surface area contributed by atoms with E-state index in [-0.39, 0.29) is 37.7 Å². The quantitative estimate of drug-likeness (QED) is 0.0613. The fourth-order valence-electron chi connectivity index (χ4n) is 3.18. The molecule has 5 unspecified atom stereocenters. The molecule has 0 aromatic carbocycles. The van der Waals surface area contributed by atoms with Crippen molar-refractivity contribution in [3.63, 3.8) is 0 Å². The highest BCUT2D eigenvalue weighted by atomic mass is 16.4. The summed E-state index contributed by atoms with van der Waals surface area (Å²) in [6.07, 6.45) is 4.04. The summed E-state index contributed by atoms with van der Waals surface area (Å²) in [7, 11) is 0. The van der Waals surface area contributed by atoms with Crippen LogP contribution in [-0.4, -0.2) is 87.2 Å². The Balaban J connectivity index is 2.98. The molecular formula is C21H37N9O6. The van der Waals surface area contributed by atoms with Crippen molar-refractivity contribution in [3.05, 3.63) is 18.2 Å². The van der Waals surface area contributed by atoms with Crippen LogP contribution in [0.1, 0.15) is 38.8 Å². The number of rotatable bonds is 16. The number of aliphatic hydroxyl groups excluding tert-OH is 1. The number of H-pyrrole nitrogens is 1. The number of carbonyl (C=O) groups excluding carboxylic acids is 3. The second kappa shape index (κ2) is 15.3. The summed E-state index contributed by atoms with van der Waals surface area (Å²) >= 11 is 0. The van der Waals surface area contributed by atoms with E-state index in [0.717, 1.165) is 0 Å². The van der Waals surface area contributed by atoms with E-state index in [4.69, 9.17) is 22.3 Å². The first-order valence-corrected chi connectivity index (χ1v) is 11.5. The predicted molar refractivity (Wildman–Crippen MR) is 130 cm³/mol. The molecule has 5 atom stereocenters. The molecule has 0 aliphatic carbocycles. The molecule has 1 heterocycles. The molecule has 0 fully saturated rings. The number of nitrogens with one attached hydrogen (secondary N) is 4. The van der Waals surface area contributed by atoms with Gasteiger partial charge < -0.3 is 48.3 Å². The number of aromatic amines is 1. The Morgan fingerprint density at radius 2 is 1.78 bits per heavy atom. The first kappa shape index (κ1) is 30.3. The van der Waals surface area contributed by atoms with E-state index in [1.165, 1.54) is 12.5 Å². The lowest BCUT2D eigenvalue weighted by Crippen LogP contribution is -2.59. The molecule has 36 heavy (non-hydrogen) atoms. The Morgan fingerprint density at radius 1 is 1.11 bits per heavy atom. The van der Waals surface area contributed by atoms with Crippen molar-refractivity contribution in [2.75, 3.05) is 13.2 Å². The van der Waals surface area contributed by atoms with Gasteiger partial charge in [-0.3, -0.25) is 19.4 Å². The van der Waals surface area contributed by atoms with Gasteiger partial charge >= 0.3 is 5.97 Å². The molecule has 15 nitrogen and oxygen atoms in total. The molecule has 202 valence electrons. The maximum Gasteiger partial charge on any atom is 0.328 e. The number of aromatic nitrogens is 2. The monoisotopic (exact) mass is 511 g/mol. The van der Waals surface area contributed by atoms with Gasteiger partial charge in [0.25, 0.3) is 0 Å². The minimum Gasteiger partial charge on any atom is -0.480 e. The standard InChI is InChI=1S/C21H37N9O6/c1-3-11(2)16(30-17(32)13(22)7-12-8-25-10-27-12)19(34)28-14(5-4-6-26-21(23)24)18(33)29-15(9-31)20(35)36/h8,10-11,13-16,31H,3-7,9,22H2,1-2H3,(H,25,27)(H,28,34)(H,29,33)(H,30,32)(H,35,36)(H4,23,24,26). The van der Waals surface area contributed by atoms with Crippen molar-refractivity contribution >= 4 is 29.7 Å². The number of nitrogens with two attached hydrogens (primary N) is 3. The third kappa shape index (κ3) is 10.3. The highest BCUT2D eigenvalue weighted by molar-refractivity contribution is 5.94. The van der Waals surface area contributed by atoms with Gasteiger partial charge in [0.05, 0.1) is 19.0 Å². The van der Waals surface area contributed by atoms with Crippen molar-refractivity contribution < 1.29 is 29.4 Å². The van der Waals surface area contributed by atoms with Crippen molar-refractivity contribution in [2.45, 2.75) is 63.7 Å². The molecule has 12 N–H and O–H groups in total. The van der Waals surface area contributed by atoms with E-state index in [2.05, 4.69) is 30.9 Å². The fourth-order valence-corrected chi connectivity index (χ4v) is 3.18. The van der Waals surface area contributed by atoms with Crippen molar-refractivity contribution in [1.82, 2.24) is 25.9 Å². The maximum atomic E-state index is 13.2. The second-order valence-corrected chi connectivity index (χ2v) is 8.35. The molecule has 0 spiro atoms. The number of hydrogen-bond donors (Lipinski definition) is 9. The van der Waals surface area contributed by atoms with E-state index in [0.29, 0.717) is 12.1 Å².